The summed E-state index contributed by atoms with van der Waals surface area (Å²) < 4.78 is 1.46. The van der Waals surface area contributed by atoms with E-state index in [0.29, 0.717) is 11.5 Å². The van der Waals surface area contributed by atoms with E-state index in [1.54, 1.807) is 30.6 Å². The number of aromatic nitrogens is 1. The molecule has 116 valence electrons. The van der Waals surface area contributed by atoms with Crippen molar-refractivity contribution in [1.29, 1.82) is 0 Å². The summed E-state index contributed by atoms with van der Waals surface area (Å²) in [6.07, 6.45) is 6.40. The van der Waals surface area contributed by atoms with Crippen LogP contribution in [0.4, 0.5) is 0 Å². The van der Waals surface area contributed by atoms with Gasteiger partial charge in [-0.2, -0.15) is 0 Å². The number of thiophene rings is 1. The first-order valence-corrected chi connectivity index (χ1v) is 8.54. The van der Waals surface area contributed by atoms with Crippen molar-refractivity contribution in [3.05, 3.63) is 56.6 Å². The van der Waals surface area contributed by atoms with E-state index < -0.39 is 0 Å². The van der Waals surface area contributed by atoms with Crippen LogP contribution in [0.1, 0.15) is 47.0 Å². The first-order valence-electron chi connectivity index (χ1n) is 7.66. The predicted molar refractivity (Wildman–Crippen MR) is 88.2 cm³/mol. The van der Waals surface area contributed by atoms with E-state index in [1.165, 1.54) is 28.4 Å². The highest BCUT2D eigenvalue weighted by Gasteiger charge is 2.28. The molecule has 0 unspecified atom stereocenters. The Balaban J connectivity index is 1.81. The van der Waals surface area contributed by atoms with Crippen molar-refractivity contribution in [2.75, 3.05) is 0 Å². The summed E-state index contributed by atoms with van der Waals surface area (Å²) in [6.45, 7) is 0. The maximum absolute atomic E-state index is 12.5. The van der Waals surface area contributed by atoms with Crippen LogP contribution < -0.4 is 10.9 Å². The summed E-state index contributed by atoms with van der Waals surface area (Å²) in [5, 5.41) is 5.19. The smallest absolute Gasteiger partial charge is 0.252 e. The van der Waals surface area contributed by atoms with Crippen LogP contribution in [-0.2, 0) is 7.05 Å². The second kappa shape index (κ2) is 6.48. The topological polar surface area (TPSA) is 51.1 Å². The van der Waals surface area contributed by atoms with Gasteiger partial charge in [-0.1, -0.05) is 18.9 Å². The highest BCUT2D eigenvalue weighted by Crippen LogP contribution is 2.37. The van der Waals surface area contributed by atoms with Gasteiger partial charge in [0.15, 0.2) is 0 Å². The van der Waals surface area contributed by atoms with Gasteiger partial charge in [-0.15, -0.1) is 11.3 Å². The lowest BCUT2D eigenvalue weighted by atomic mass is 9.96. The number of pyridine rings is 1. The van der Waals surface area contributed by atoms with Crippen LogP contribution in [0.25, 0.3) is 0 Å². The summed E-state index contributed by atoms with van der Waals surface area (Å²) in [6, 6.07) is 7.25. The molecule has 3 rings (SSSR count). The molecule has 1 fully saturated rings. The Morgan fingerprint density at radius 3 is 2.77 bits per heavy atom. The Hall–Kier alpha value is -1.88. The molecule has 0 bridgehead atoms. The lowest BCUT2D eigenvalue weighted by molar-refractivity contribution is 0.0922. The molecule has 0 aromatic carbocycles. The van der Waals surface area contributed by atoms with Crippen LogP contribution in [0.5, 0.6) is 0 Å². The molecule has 1 aliphatic rings. The molecule has 2 heterocycles. The van der Waals surface area contributed by atoms with Crippen LogP contribution in [0.3, 0.4) is 0 Å². The normalized spacial score (nSPS) is 16.6. The number of hydrogen-bond acceptors (Lipinski definition) is 3. The minimum absolute atomic E-state index is 0.0547. The lowest BCUT2D eigenvalue weighted by Crippen LogP contribution is -2.33. The first kappa shape index (κ1) is 15.0. The monoisotopic (exact) mass is 316 g/mol. The third-order valence-electron chi connectivity index (χ3n) is 4.37. The van der Waals surface area contributed by atoms with Gasteiger partial charge in [0, 0.05) is 29.8 Å². The molecular weight excluding hydrogens is 296 g/mol. The van der Waals surface area contributed by atoms with Gasteiger partial charge in [0.2, 0.25) is 0 Å². The molecular formula is C17H20N2O2S. The fraction of sp³-hybridized carbons (Fsp3) is 0.412. The second-order valence-electron chi connectivity index (χ2n) is 5.88. The Bertz CT molecular complexity index is 700. The van der Waals surface area contributed by atoms with Gasteiger partial charge in [-0.05, 0) is 36.3 Å². The molecule has 0 radical (unpaired) electrons. The number of nitrogens with one attached hydrogen (secondary N) is 1. The van der Waals surface area contributed by atoms with Crippen LogP contribution in [0, 0.1) is 5.92 Å². The Morgan fingerprint density at radius 1 is 1.36 bits per heavy atom. The fourth-order valence-corrected chi connectivity index (χ4v) is 3.96. The van der Waals surface area contributed by atoms with Crippen LogP contribution in [0.15, 0.2) is 40.6 Å². The summed E-state index contributed by atoms with van der Waals surface area (Å²) >= 11 is 1.68. The van der Waals surface area contributed by atoms with E-state index in [2.05, 4.69) is 11.4 Å². The van der Waals surface area contributed by atoms with Gasteiger partial charge in [-0.3, -0.25) is 9.59 Å². The predicted octanol–water partition coefficient (Wildman–Crippen LogP) is 3.11. The number of hydrogen-bond donors (Lipinski definition) is 1. The van der Waals surface area contributed by atoms with Crippen molar-refractivity contribution in [3.8, 4) is 0 Å². The first-order chi connectivity index (χ1) is 10.6. The number of amides is 1. The quantitative estimate of drug-likeness (QED) is 0.942. The average Bonchev–Trinajstić information content (AvgIpc) is 3.20. The maximum Gasteiger partial charge on any atom is 0.252 e. The second-order valence-corrected chi connectivity index (χ2v) is 6.85. The zero-order chi connectivity index (χ0) is 15.5. The molecule has 22 heavy (non-hydrogen) atoms. The molecule has 4 nitrogen and oxygen atoms in total. The maximum atomic E-state index is 12.5. The molecule has 1 atom stereocenters. The van der Waals surface area contributed by atoms with Crippen molar-refractivity contribution in [3.63, 3.8) is 0 Å². The Morgan fingerprint density at radius 2 is 2.14 bits per heavy atom. The lowest BCUT2D eigenvalue weighted by Gasteiger charge is -2.23. The third kappa shape index (κ3) is 3.14. The molecule has 0 saturated heterocycles. The van der Waals surface area contributed by atoms with Crippen LogP contribution in [-0.4, -0.2) is 10.5 Å². The van der Waals surface area contributed by atoms with Crippen molar-refractivity contribution in [1.82, 2.24) is 9.88 Å². The van der Waals surface area contributed by atoms with Crippen LogP contribution in [0.2, 0.25) is 0 Å². The SMILES string of the molecule is Cn1ccc(C(=O)N[C@H](c2cccs2)C2CCCC2)cc1=O. The highest BCUT2D eigenvalue weighted by atomic mass is 32.1. The molecule has 2 aromatic heterocycles. The Kier molecular flexibility index (Phi) is 4.43. The van der Waals surface area contributed by atoms with E-state index in [0.717, 1.165) is 12.8 Å². The van der Waals surface area contributed by atoms with E-state index in [4.69, 9.17) is 0 Å². The number of aryl methyl sites for hydroxylation is 1. The molecule has 0 aliphatic heterocycles. The van der Waals surface area contributed by atoms with Gasteiger partial charge in [-0.25, -0.2) is 0 Å². The largest absolute Gasteiger partial charge is 0.344 e. The van der Waals surface area contributed by atoms with E-state index in [1.807, 2.05) is 11.4 Å². The van der Waals surface area contributed by atoms with Crippen molar-refractivity contribution < 1.29 is 4.79 Å². The number of carbonyl (C=O) groups is 1. The molecule has 0 spiro atoms. The van der Waals surface area contributed by atoms with Gasteiger partial charge < -0.3 is 9.88 Å². The number of rotatable bonds is 4. The van der Waals surface area contributed by atoms with E-state index in [9.17, 15) is 9.59 Å². The molecule has 2 aromatic rings. The zero-order valence-corrected chi connectivity index (χ0v) is 13.4. The van der Waals surface area contributed by atoms with Gasteiger partial charge >= 0.3 is 0 Å². The summed E-state index contributed by atoms with van der Waals surface area (Å²) in [4.78, 5) is 25.4. The van der Waals surface area contributed by atoms with Crippen molar-refractivity contribution >= 4 is 17.2 Å². The third-order valence-corrected chi connectivity index (χ3v) is 5.33. The Labute approximate surface area is 133 Å². The van der Waals surface area contributed by atoms with Crippen molar-refractivity contribution in [2.24, 2.45) is 13.0 Å². The van der Waals surface area contributed by atoms with Crippen molar-refractivity contribution in [2.45, 2.75) is 31.7 Å². The molecule has 5 heteroatoms. The number of carbonyl (C=O) groups excluding carboxylic acids is 1. The van der Waals surface area contributed by atoms with Gasteiger partial charge in [0.25, 0.3) is 11.5 Å². The summed E-state index contributed by atoms with van der Waals surface area (Å²) in [5.41, 5.74) is 0.267. The summed E-state index contributed by atoms with van der Waals surface area (Å²) in [7, 11) is 1.68. The molecule has 1 saturated carbocycles. The van der Waals surface area contributed by atoms with Crippen LogP contribution >= 0.6 is 11.3 Å². The fourth-order valence-electron chi connectivity index (χ4n) is 3.09. The molecule has 1 amide bonds. The van der Waals surface area contributed by atoms with Gasteiger partial charge in [0.1, 0.15) is 0 Å². The van der Waals surface area contributed by atoms with Gasteiger partial charge in [0.05, 0.1) is 6.04 Å². The van der Waals surface area contributed by atoms with E-state index in [-0.39, 0.29) is 17.5 Å². The minimum Gasteiger partial charge on any atom is -0.344 e. The molecule has 1 aliphatic carbocycles. The average molecular weight is 316 g/mol. The summed E-state index contributed by atoms with van der Waals surface area (Å²) in [5.74, 6) is 0.331. The number of nitrogens with zero attached hydrogens (tertiary/aromatic N) is 1. The highest BCUT2D eigenvalue weighted by molar-refractivity contribution is 7.10. The molecule has 1 N–H and O–H groups in total. The standard InChI is InChI=1S/C17H20N2O2S/c1-19-9-8-13(11-15(19)20)17(21)18-16(12-5-2-3-6-12)14-7-4-10-22-14/h4,7-12,16H,2-3,5-6H2,1H3,(H,18,21)/t16-/m0/s1. The zero-order valence-electron chi connectivity index (χ0n) is 12.6. The minimum atomic E-state index is -0.166. The van der Waals surface area contributed by atoms with E-state index >= 15 is 0 Å².